The van der Waals surface area contributed by atoms with Crippen LogP contribution in [0.2, 0.25) is 0 Å². The number of anilines is 1. The van der Waals surface area contributed by atoms with Gasteiger partial charge in [0.05, 0.1) is 11.5 Å². The fraction of sp³-hybridized carbons (Fsp3) is 0.429. The summed E-state index contributed by atoms with van der Waals surface area (Å²) < 4.78 is 28.1. The molecule has 2 aromatic rings. The Morgan fingerprint density at radius 1 is 1.24 bits per heavy atom. The van der Waals surface area contributed by atoms with E-state index in [1.54, 1.807) is 0 Å². The average Bonchev–Trinajstić information content (AvgIpc) is 3.04. The molecule has 0 spiro atoms. The molecule has 0 saturated carbocycles. The Kier molecular flexibility index (Phi) is 3.67. The van der Waals surface area contributed by atoms with Crippen LogP contribution in [0.1, 0.15) is 29.6 Å². The molecule has 1 aliphatic rings. The van der Waals surface area contributed by atoms with Crippen LogP contribution < -0.4 is 5.73 Å². The molecule has 6 nitrogen and oxygen atoms in total. The number of rotatable bonds is 4. The molecule has 1 aliphatic heterocycles. The van der Waals surface area contributed by atoms with Gasteiger partial charge in [0.1, 0.15) is 0 Å². The summed E-state index contributed by atoms with van der Waals surface area (Å²) in [5.74, 6) is 1.29. The van der Waals surface area contributed by atoms with E-state index in [9.17, 15) is 8.42 Å². The average molecular weight is 307 g/mol. The normalized spacial score (nSPS) is 20.7. The van der Waals surface area contributed by atoms with Gasteiger partial charge < -0.3 is 10.3 Å². The number of sulfone groups is 1. The zero-order valence-corrected chi connectivity index (χ0v) is 12.3. The maximum absolute atomic E-state index is 11.5. The molecule has 3 rings (SSSR count). The Morgan fingerprint density at radius 3 is 2.67 bits per heavy atom. The van der Waals surface area contributed by atoms with Crippen molar-refractivity contribution in [3.63, 3.8) is 0 Å². The maximum Gasteiger partial charge on any atom is 0.226 e. The Morgan fingerprint density at radius 2 is 2.00 bits per heavy atom. The first-order valence-electron chi connectivity index (χ1n) is 6.89. The lowest BCUT2D eigenvalue weighted by Crippen LogP contribution is -2.05. The van der Waals surface area contributed by atoms with Gasteiger partial charge in [0, 0.05) is 18.0 Å². The Hall–Kier alpha value is -1.89. The van der Waals surface area contributed by atoms with Gasteiger partial charge in [0.2, 0.25) is 5.89 Å². The van der Waals surface area contributed by atoms with E-state index in [-0.39, 0.29) is 17.4 Å². The van der Waals surface area contributed by atoms with Crippen molar-refractivity contribution >= 4 is 15.5 Å². The summed E-state index contributed by atoms with van der Waals surface area (Å²) in [5.41, 5.74) is 7.52. The fourth-order valence-corrected chi connectivity index (χ4v) is 4.21. The first-order valence-corrected chi connectivity index (χ1v) is 8.71. The molecule has 0 amide bonds. The van der Waals surface area contributed by atoms with E-state index in [0.717, 1.165) is 17.7 Å². The fourth-order valence-electron chi connectivity index (χ4n) is 2.47. The van der Waals surface area contributed by atoms with Crippen molar-refractivity contribution in [1.82, 2.24) is 10.1 Å². The predicted octanol–water partition coefficient (Wildman–Crippen LogP) is 1.34. The molecule has 1 aromatic carbocycles. The molecule has 2 N–H and O–H groups in total. The van der Waals surface area contributed by atoms with Crippen molar-refractivity contribution < 1.29 is 12.9 Å². The molecule has 2 heterocycles. The van der Waals surface area contributed by atoms with Gasteiger partial charge >= 0.3 is 0 Å². The van der Waals surface area contributed by atoms with Gasteiger partial charge in [0.15, 0.2) is 15.7 Å². The van der Waals surface area contributed by atoms with Crippen LogP contribution in [0.4, 0.5) is 5.69 Å². The Balaban J connectivity index is 1.62. The smallest absolute Gasteiger partial charge is 0.226 e. The molecule has 1 fully saturated rings. The summed E-state index contributed by atoms with van der Waals surface area (Å²) in [6, 6.07) is 7.66. The molecule has 1 aromatic heterocycles. The van der Waals surface area contributed by atoms with Crippen LogP contribution in [0.5, 0.6) is 0 Å². The van der Waals surface area contributed by atoms with Gasteiger partial charge in [0.25, 0.3) is 0 Å². The van der Waals surface area contributed by atoms with E-state index in [1.165, 1.54) is 0 Å². The van der Waals surface area contributed by atoms with E-state index >= 15 is 0 Å². The number of hydrogen-bond acceptors (Lipinski definition) is 6. The van der Waals surface area contributed by atoms with Gasteiger partial charge in [-0.3, -0.25) is 0 Å². The lowest BCUT2D eigenvalue weighted by atomic mass is 10.1. The molecule has 112 valence electrons. The van der Waals surface area contributed by atoms with E-state index in [2.05, 4.69) is 10.1 Å². The summed E-state index contributed by atoms with van der Waals surface area (Å²) in [6.45, 7) is 0. The molecular formula is C14H17N3O3S. The first-order chi connectivity index (χ1) is 10.0. The summed E-state index contributed by atoms with van der Waals surface area (Å²) in [4.78, 5) is 4.32. The summed E-state index contributed by atoms with van der Waals surface area (Å²) in [6.07, 6.45) is 2.00. The minimum absolute atomic E-state index is 0.121. The minimum atomic E-state index is -2.93. The SMILES string of the molecule is Nc1ccc(CCc2nc(C3CCS(=O)(=O)C3)no2)cc1. The number of nitrogens with zero attached hydrogens (tertiary/aromatic N) is 2. The maximum atomic E-state index is 11.5. The minimum Gasteiger partial charge on any atom is -0.399 e. The summed E-state index contributed by atoms with van der Waals surface area (Å²) in [5, 5.41) is 3.92. The second-order valence-corrected chi connectivity index (χ2v) is 7.62. The topological polar surface area (TPSA) is 99.1 Å². The van der Waals surface area contributed by atoms with Gasteiger partial charge in [-0.05, 0) is 30.5 Å². The predicted molar refractivity (Wildman–Crippen MR) is 78.6 cm³/mol. The lowest BCUT2D eigenvalue weighted by molar-refractivity contribution is 0.370. The van der Waals surface area contributed by atoms with Gasteiger partial charge in [-0.2, -0.15) is 4.98 Å². The van der Waals surface area contributed by atoms with Crippen molar-refractivity contribution in [2.45, 2.75) is 25.2 Å². The molecule has 1 saturated heterocycles. The number of benzene rings is 1. The molecule has 7 heteroatoms. The van der Waals surface area contributed by atoms with Crippen molar-refractivity contribution in [2.24, 2.45) is 0 Å². The second-order valence-electron chi connectivity index (χ2n) is 5.39. The Bertz CT molecular complexity index is 722. The highest BCUT2D eigenvalue weighted by Gasteiger charge is 2.32. The molecule has 1 atom stereocenters. The summed E-state index contributed by atoms with van der Waals surface area (Å²) in [7, 11) is -2.93. The van der Waals surface area contributed by atoms with Crippen molar-refractivity contribution in [3.8, 4) is 0 Å². The van der Waals surface area contributed by atoms with Crippen LogP contribution in [0, 0.1) is 0 Å². The quantitative estimate of drug-likeness (QED) is 0.856. The molecule has 0 aliphatic carbocycles. The van der Waals surface area contributed by atoms with Gasteiger partial charge in [-0.15, -0.1) is 0 Å². The van der Waals surface area contributed by atoms with Crippen molar-refractivity contribution in [3.05, 3.63) is 41.5 Å². The largest absolute Gasteiger partial charge is 0.399 e. The standard InChI is InChI=1S/C14H17N3O3S/c15-12-4-1-10(2-5-12)3-6-13-16-14(17-20-13)11-7-8-21(18,19)9-11/h1-2,4-5,11H,3,6-9,15H2. The van der Waals surface area contributed by atoms with Crippen LogP contribution >= 0.6 is 0 Å². The highest BCUT2D eigenvalue weighted by Crippen LogP contribution is 2.26. The molecular weight excluding hydrogens is 290 g/mol. The summed E-state index contributed by atoms with van der Waals surface area (Å²) >= 11 is 0. The molecule has 0 radical (unpaired) electrons. The third-order valence-electron chi connectivity index (χ3n) is 3.69. The number of hydrogen-bond donors (Lipinski definition) is 1. The monoisotopic (exact) mass is 307 g/mol. The van der Waals surface area contributed by atoms with Gasteiger partial charge in [-0.25, -0.2) is 8.42 Å². The second kappa shape index (κ2) is 5.48. The van der Waals surface area contributed by atoms with Crippen LogP contribution in [0.15, 0.2) is 28.8 Å². The van der Waals surface area contributed by atoms with E-state index in [4.69, 9.17) is 10.3 Å². The molecule has 0 bridgehead atoms. The number of nitrogens with two attached hydrogens (primary N) is 1. The number of aryl methyl sites for hydroxylation is 2. The van der Waals surface area contributed by atoms with E-state index in [1.807, 2.05) is 24.3 Å². The van der Waals surface area contributed by atoms with Crippen LogP contribution in [-0.2, 0) is 22.7 Å². The van der Waals surface area contributed by atoms with E-state index < -0.39 is 9.84 Å². The zero-order valence-electron chi connectivity index (χ0n) is 11.5. The zero-order chi connectivity index (χ0) is 14.9. The first kappa shape index (κ1) is 14.1. The van der Waals surface area contributed by atoms with Crippen LogP contribution in [-0.4, -0.2) is 30.1 Å². The highest BCUT2D eigenvalue weighted by molar-refractivity contribution is 7.91. The van der Waals surface area contributed by atoms with Crippen LogP contribution in [0.3, 0.4) is 0 Å². The third-order valence-corrected chi connectivity index (χ3v) is 5.46. The van der Waals surface area contributed by atoms with Gasteiger partial charge in [-0.1, -0.05) is 17.3 Å². The van der Waals surface area contributed by atoms with Crippen molar-refractivity contribution in [2.75, 3.05) is 17.2 Å². The van der Waals surface area contributed by atoms with Crippen LogP contribution in [0.25, 0.3) is 0 Å². The third kappa shape index (κ3) is 3.41. The molecule has 21 heavy (non-hydrogen) atoms. The number of nitrogen functional groups attached to an aromatic ring is 1. The number of aromatic nitrogens is 2. The van der Waals surface area contributed by atoms with Crippen molar-refractivity contribution in [1.29, 1.82) is 0 Å². The lowest BCUT2D eigenvalue weighted by Gasteiger charge is -1.99. The Labute approximate surface area is 123 Å². The molecule has 1 unspecified atom stereocenters. The van der Waals surface area contributed by atoms with E-state index in [0.29, 0.717) is 24.6 Å². The highest BCUT2D eigenvalue weighted by atomic mass is 32.2.